The summed E-state index contributed by atoms with van der Waals surface area (Å²) in [6, 6.07) is 2.64. The summed E-state index contributed by atoms with van der Waals surface area (Å²) >= 11 is 5.70. The van der Waals surface area contributed by atoms with Crippen LogP contribution in [0.1, 0.15) is 28.8 Å². The predicted molar refractivity (Wildman–Crippen MR) is 72.2 cm³/mol. The molecule has 1 fully saturated rings. The molecule has 0 radical (unpaired) electrons. The third kappa shape index (κ3) is 4.01. The summed E-state index contributed by atoms with van der Waals surface area (Å²) in [6.07, 6.45) is -2.82. The van der Waals surface area contributed by atoms with Crippen LogP contribution in [0.15, 0.2) is 18.2 Å². The molecule has 1 aliphatic carbocycles. The van der Waals surface area contributed by atoms with E-state index in [1.54, 1.807) is 0 Å². The normalized spacial score (nSPS) is 16.2. The first-order chi connectivity index (χ1) is 8.71. The summed E-state index contributed by atoms with van der Waals surface area (Å²) in [6.45, 7) is 0.295. The summed E-state index contributed by atoms with van der Waals surface area (Å²) in [7, 11) is 0. The molecule has 0 aliphatic heterocycles. The number of halogens is 5. The Kier molecular flexibility index (Phi) is 4.94. The highest BCUT2D eigenvalue weighted by Crippen LogP contribution is 2.33. The van der Waals surface area contributed by atoms with Crippen molar-refractivity contribution in [3.63, 3.8) is 0 Å². The molecule has 1 aromatic carbocycles. The van der Waals surface area contributed by atoms with E-state index in [0.29, 0.717) is 6.54 Å². The van der Waals surface area contributed by atoms with Crippen LogP contribution in [0.3, 0.4) is 0 Å². The second-order valence-corrected chi connectivity index (χ2v) is 5.14. The third-order valence-corrected chi connectivity index (χ3v) is 3.35. The van der Waals surface area contributed by atoms with Gasteiger partial charge in [0.05, 0.1) is 16.1 Å². The average Bonchev–Trinajstić information content (AvgIpc) is 3.03. The Labute approximate surface area is 125 Å². The van der Waals surface area contributed by atoms with Gasteiger partial charge in [-0.2, -0.15) is 13.2 Å². The fraction of sp³-hybridized carbons (Fsp3) is 0.417. The van der Waals surface area contributed by atoms with E-state index in [2.05, 4.69) is 5.32 Å². The largest absolute Gasteiger partial charge is 0.416 e. The van der Waals surface area contributed by atoms with Gasteiger partial charge in [0.15, 0.2) is 0 Å². The van der Waals surface area contributed by atoms with Gasteiger partial charge in [0.1, 0.15) is 0 Å². The number of alkyl halides is 3. The Balaban J connectivity index is 0.00000200. The van der Waals surface area contributed by atoms with Crippen LogP contribution in [-0.2, 0) is 6.18 Å². The minimum atomic E-state index is -4.48. The molecule has 1 aliphatic rings. The molecule has 0 atom stereocenters. The van der Waals surface area contributed by atoms with Gasteiger partial charge in [-0.05, 0) is 31.0 Å². The first-order valence-corrected chi connectivity index (χ1v) is 6.03. The van der Waals surface area contributed by atoms with Crippen LogP contribution in [0.25, 0.3) is 0 Å². The van der Waals surface area contributed by atoms with Gasteiger partial charge in [0.2, 0.25) is 0 Å². The van der Waals surface area contributed by atoms with Crippen molar-refractivity contribution >= 4 is 29.9 Å². The van der Waals surface area contributed by atoms with Gasteiger partial charge in [-0.3, -0.25) is 4.79 Å². The highest BCUT2D eigenvalue weighted by molar-refractivity contribution is 6.33. The van der Waals surface area contributed by atoms with Crippen LogP contribution in [0, 0.1) is 0 Å². The van der Waals surface area contributed by atoms with Crippen LogP contribution in [0.4, 0.5) is 13.2 Å². The Hall–Kier alpha value is -0.980. The average molecular weight is 329 g/mol. The summed E-state index contributed by atoms with van der Waals surface area (Å²) in [4.78, 5) is 11.8. The molecule has 0 unspecified atom stereocenters. The van der Waals surface area contributed by atoms with Gasteiger partial charge in [0, 0.05) is 12.1 Å². The summed E-state index contributed by atoms with van der Waals surface area (Å²) in [5, 5.41) is 2.34. The molecular weight excluding hydrogens is 316 g/mol. The first-order valence-electron chi connectivity index (χ1n) is 5.65. The molecule has 0 heterocycles. The SMILES string of the molecule is Cl.NC1(CNC(=O)c2ccc(C(F)(F)F)cc2Cl)CC1. The number of hydrogen-bond acceptors (Lipinski definition) is 2. The van der Waals surface area contributed by atoms with Crippen molar-refractivity contribution in [1.82, 2.24) is 5.32 Å². The molecule has 112 valence electrons. The minimum absolute atomic E-state index is 0. The van der Waals surface area contributed by atoms with Crippen molar-refractivity contribution in [2.45, 2.75) is 24.6 Å². The minimum Gasteiger partial charge on any atom is -0.350 e. The van der Waals surface area contributed by atoms with E-state index in [1.807, 2.05) is 0 Å². The fourth-order valence-corrected chi connectivity index (χ4v) is 1.83. The van der Waals surface area contributed by atoms with Crippen LogP contribution < -0.4 is 11.1 Å². The number of rotatable bonds is 3. The number of benzene rings is 1. The fourth-order valence-electron chi connectivity index (χ4n) is 1.56. The molecule has 8 heteroatoms. The van der Waals surface area contributed by atoms with Gasteiger partial charge in [-0.1, -0.05) is 11.6 Å². The monoisotopic (exact) mass is 328 g/mol. The summed E-state index contributed by atoms with van der Waals surface area (Å²) < 4.78 is 37.3. The van der Waals surface area contributed by atoms with Crippen molar-refractivity contribution in [2.24, 2.45) is 5.73 Å². The molecule has 3 N–H and O–H groups in total. The lowest BCUT2D eigenvalue weighted by Crippen LogP contribution is -2.39. The zero-order chi connectivity index (χ0) is 14.3. The van der Waals surface area contributed by atoms with E-state index in [9.17, 15) is 18.0 Å². The number of carbonyl (C=O) groups excluding carboxylic acids is 1. The number of nitrogens with one attached hydrogen (secondary N) is 1. The topological polar surface area (TPSA) is 55.1 Å². The Morgan fingerprint density at radius 1 is 1.40 bits per heavy atom. The quantitative estimate of drug-likeness (QED) is 0.896. The van der Waals surface area contributed by atoms with Crippen molar-refractivity contribution in [3.8, 4) is 0 Å². The third-order valence-electron chi connectivity index (χ3n) is 3.03. The number of carbonyl (C=O) groups is 1. The van der Waals surface area contributed by atoms with Crippen LogP contribution in [0.5, 0.6) is 0 Å². The van der Waals surface area contributed by atoms with E-state index in [4.69, 9.17) is 17.3 Å². The van der Waals surface area contributed by atoms with Gasteiger partial charge < -0.3 is 11.1 Å². The van der Waals surface area contributed by atoms with E-state index < -0.39 is 17.6 Å². The van der Waals surface area contributed by atoms with Crippen molar-refractivity contribution in [1.29, 1.82) is 0 Å². The molecule has 1 saturated carbocycles. The van der Waals surface area contributed by atoms with Gasteiger partial charge in [0.25, 0.3) is 5.91 Å². The number of hydrogen-bond donors (Lipinski definition) is 2. The summed E-state index contributed by atoms with van der Waals surface area (Å²) in [5.41, 5.74) is 4.56. The van der Waals surface area contributed by atoms with E-state index in [-0.39, 0.29) is 28.5 Å². The maximum atomic E-state index is 12.4. The van der Waals surface area contributed by atoms with Crippen LogP contribution >= 0.6 is 24.0 Å². The number of nitrogens with two attached hydrogens (primary N) is 1. The zero-order valence-electron chi connectivity index (χ0n) is 10.3. The van der Waals surface area contributed by atoms with Gasteiger partial charge >= 0.3 is 6.18 Å². The molecule has 0 spiro atoms. The number of amides is 1. The second-order valence-electron chi connectivity index (χ2n) is 4.74. The highest BCUT2D eigenvalue weighted by Gasteiger charge is 2.38. The van der Waals surface area contributed by atoms with Gasteiger partial charge in [-0.15, -0.1) is 12.4 Å². The summed E-state index contributed by atoms with van der Waals surface area (Å²) in [5.74, 6) is -0.518. The predicted octanol–water partition coefficient (Wildman–Crippen LogP) is 3.00. The lowest BCUT2D eigenvalue weighted by molar-refractivity contribution is -0.137. The highest BCUT2D eigenvalue weighted by atomic mass is 35.5. The van der Waals surface area contributed by atoms with Crippen molar-refractivity contribution < 1.29 is 18.0 Å². The Morgan fingerprint density at radius 2 is 2.00 bits per heavy atom. The van der Waals surface area contributed by atoms with Crippen molar-refractivity contribution in [3.05, 3.63) is 34.3 Å². The van der Waals surface area contributed by atoms with E-state index >= 15 is 0 Å². The van der Waals surface area contributed by atoms with E-state index in [0.717, 1.165) is 31.0 Å². The molecule has 0 saturated heterocycles. The molecule has 0 aromatic heterocycles. The molecule has 1 amide bonds. The zero-order valence-corrected chi connectivity index (χ0v) is 11.8. The molecule has 20 heavy (non-hydrogen) atoms. The standard InChI is InChI=1S/C12H12ClF3N2O.ClH/c13-9-5-7(12(14,15)16)1-2-8(9)10(19)18-6-11(17)3-4-11;/h1-2,5H,3-4,6,17H2,(H,18,19);1H. The van der Waals surface area contributed by atoms with Crippen molar-refractivity contribution in [2.75, 3.05) is 6.54 Å². The Morgan fingerprint density at radius 3 is 2.45 bits per heavy atom. The lowest BCUT2D eigenvalue weighted by atomic mass is 10.1. The molecule has 2 rings (SSSR count). The molecule has 1 aromatic rings. The lowest BCUT2D eigenvalue weighted by Gasteiger charge is -2.12. The molecule has 3 nitrogen and oxygen atoms in total. The smallest absolute Gasteiger partial charge is 0.350 e. The molecular formula is C12H13Cl2F3N2O. The first kappa shape index (κ1) is 17.1. The van der Waals surface area contributed by atoms with Crippen LogP contribution in [-0.4, -0.2) is 18.0 Å². The maximum absolute atomic E-state index is 12.4. The molecule has 0 bridgehead atoms. The Bertz CT molecular complexity index is 516. The van der Waals surface area contributed by atoms with E-state index in [1.165, 1.54) is 0 Å². The maximum Gasteiger partial charge on any atom is 0.416 e. The van der Waals surface area contributed by atoms with Gasteiger partial charge in [-0.25, -0.2) is 0 Å². The second kappa shape index (κ2) is 5.79. The van der Waals surface area contributed by atoms with Crippen LogP contribution in [0.2, 0.25) is 5.02 Å².